The number of carbonyl (C=O) groups excluding carboxylic acids is 1. The summed E-state index contributed by atoms with van der Waals surface area (Å²) in [5.41, 5.74) is 3.42. The van der Waals surface area contributed by atoms with Crippen LogP contribution in [0.4, 0.5) is 33.9 Å². The predicted molar refractivity (Wildman–Crippen MR) is 129 cm³/mol. The SMILES string of the molecule is Cc1cc(F)c(NC(=O)N2CCC(CC(F)(F)F)C2)cc1-c1cc(C2CC2)nc(N2CCOCC2)c1. The van der Waals surface area contributed by atoms with E-state index in [0.29, 0.717) is 19.1 Å². The van der Waals surface area contributed by atoms with Crippen LogP contribution in [0.1, 0.15) is 42.9 Å². The topological polar surface area (TPSA) is 57.7 Å². The van der Waals surface area contributed by atoms with Crippen molar-refractivity contribution in [1.82, 2.24) is 9.88 Å². The molecule has 3 fully saturated rings. The fraction of sp³-hybridized carbons (Fsp3) is 0.538. The molecule has 6 nitrogen and oxygen atoms in total. The first-order valence-electron chi connectivity index (χ1n) is 12.4. The summed E-state index contributed by atoms with van der Waals surface area (Å²) in [6.07, 6.45) is -2.72. The molecule has 5 rings (SSSR count). The lowest BCUT2D eigenvalue weighted by Gasteiger charge is -2.28. The van der Waals surface area contributed by atoms with E-state index in [1.54, 1.807) is 6.07 Å². The molecule has 10 heteroatoms. The van der Waals surface area contributed by atoms with Crippen LogP contribution in [0.15, 0.2) is 24.3 Å². The highest BCUT2D eigenvalue weighted by molar-refractivity contribution is 5.91. The quantitative estimate of drug-likeness (QED) is 0.528. The molecular formula is C26H30F4N4O2. The van der Waals surface area contributed by atoms with Crippen molar-refractivity contribution >= 4 is 17.5 Å². The van der Waals surface area contributed by atoms with E-state index >= 15 is 0 Å². The lowest BCUT2D eigenvalue weighted by atomic mass is 9.98. The summed E-state index contributed by atoms with van der Waals surface area (Å²) in [6.45, 7) is 4.80. The van der Waals surface area contributed by atoms with Crippen LogP contribution in [0.5, 0.6) is 0 Å². The number of anilines is 2. The molecule has 36 heavy (non-hydrogen) atoms. The number of nitrogens with zero attached hydrogens (tertiary/aromatic N) is 3. The number of ether oxygens (including phenoxy) is 1. The highest BCUT2D eigenvalue weighted by Gasteiger charge is 2.36. The van der Waals surface area contributed by atoms with Gasteiger partial charge in [-0.1, -0.05) is 0 Å². The van der Waals surface area contributed by atoms with Gasteiger partial charge >= 0.3 is 12.2 Å². The largest absolute Gasteiger partial charge is 0.389 e. The molecule has 3 heterocycles. The third kappa shape index (κ3) is 5.74. The molecule has 2 amide bonds. The Kier molecular flexibility index (Phi) is 6.80. The van der Waals surface area contributed by atoms with Crippen molar-refractivity contribution in [3.05, 3.63) is 41.3 Å². The minimum Gasteiger partial charge on any atom is -0.378 e. The van der Waals surface area contributed by atoms with E-state index in [1.807, 2.05) is 19.1 Å². The summed E-state index contributed by atoms with van der Waals surface area (Å²) in [7, 11) is 0. The second kappa shape index (κ2) is 9.88. The zero-order chi connectivity index (χ0) is 25.4. The predicted octanol–water partition coefficient (Wildman–Crippen LogP) is 5.72. The molecule has 1 aromatic heterocycles. The lowest BCUT2D eigenvalue weighted by molar-refractivity contribution is -0.143. The van der Waals surface area contributed by atoms with E-state index in [-0.39, 0.29) is 25.2 Å². The Morgan fingerprint density at radius 3 is 2.56 bits per heavy atom. The first kappa shape index (κ1) is 24.8. The van der Waals surface area contributed by atoms with Crippen LogP contribution in [0.25, 0.3) is 11.1 Å². The molecule has 194 valence electrons. The van der Waals surface area contributed by atoms with E-state index in [9.17, 15) is 22.4 Å². The fourth-order valence-electron chi connectivity index (χ4n) is 5.02. The maximum atomic E-state index is 14.9. The number of rotatable bonds is 5. The normalized spacial score (nSPS) is 20.6. The fourth-order valence-corrected chi connectivity index (χ4v) is 5.02. The van der Waals surface area contributed by atoms with Crippen LogP contribution in [-0.4, -0.2) is 61.5 Å². The summed E-state index contributed by atoms with van der Waals surface area (Å²) >= 11 is 0. The second-order valence-corrected chi connectivity index (χ2v) is 10.0. The minimum atomic E-state index is -4.26. The number of aryl methyl sites for hydroxylation is 1. The Bertz CT molecular complexity index is 1130. The number of alkyl halides is 3. The molecule has 1 saturated carbocycles. The highest BCUT2D eigenvalue weighted by atomic mass is 19.4. The summed E-state index contributed by atoms with van der Waals surface area (Å²) < 4.78 is 58.5. The number of morpholine rings is 1. The molecule has 1 atom stereocenters. The number of likely N-dealkylation sites (tertiary alicyclic amines) is 1. The van der Waals surface area contributed by atoms with E-state index in [4.69, 9.17) is 9.72 Å². The molecule has 2 aliphatic heterocycles. The van der Waals surface area contributed by atoms with Crippen molar-refractivity contribution in [3.8, 4) is 11.1 Å². The number of aromatic nitrogens is 1. The van der Waals surface area contributed by atoms with Crippen LogP contribution in [0.3, 0.4) is 0 Å². The van der Waals surface area contributed by atoms with Crippen molar-refractivity contribution in [2.45, 2.75) is 44.7 Å². The third-order valence-electron chi connectivity index (χ3n) is 7.12. The molecule has 1 N–H and O–H groups in total. The monoisotopic (exact) mass is 506 g/mol. The van der Waals surface area contributed by atoms with Crippen LogP contribution in [0.2, 0.25) is 0 Å². The van der Waals surface area contributed by atoms with Crippen LogP contribution < -0.4 is 10.2 Å². The first-order valence-corrected chi connectivity index (χ1v) is 12.4. The van der Waals surface area contributed by atoms with Crippen molar-refractivity contribution in [1.29, 1.82) is 0 Å². The van der Waals surface area contributed by atoms with Crippen molar-refractivity contribution < 1.29 is 27.1 Å². The Morgan fingerprint density at radius 1 is 1.11 bits per heavy atom. The molecule has 0 spiro atoms. The van der Waals surface area contributed by atoms with E-state index in [1.165, 1.54) is 11.0 Å². The zero-order valence-corrected chi connectivity index (χ0v) is 20.2. The molecule has 2 aromatic rings. The van der Waals surface area contributed by atoms with Gasteiger partial charge in [-0.25, -0.2) is 14.2 Å². The number of halogens is 4. The van der Waals surface area contributed by atoms with Gasteiger partial charge in [-0.15, -0.1) is 0 Å². The number of hydrogen-bond donors (Lipinski definition) is 1. The number of benzene rings is 1. The standard InChI is InChI=1S/C26H30F4N4O2/c1-16-10-21(27)23(32-25(35)34-5-4-17(15-34)14-26(28,29)30)13-20(16)19-11-22(18-2-3-18)31-24(12-19)33-6-8-36-9-7-33/h10-13,17-18H,2-9,14-15H2,1H3,(H,32,35). The highest BCUT2D eigenvalue weighted by Crippen LogP contribution is 2.42. The maximum Gasteiger partial charge on any atom is 0.389 e. The lowest BCUT2D eigenvalue weighted by Crippen LogP contribution is -2.36. The molecule has 2 saturated heterocycles. The van der Waals surface area contributed by atoms with Crippen LogP contribution in [0, 0.1) is 18.7 Å². The number of nitrogens with one attached hydrogen (secondary N) is 1. The van der Waals surface area contributed by atoms with Gasteiger partial charge in [0.05, 0.1) is 18.9 Å². The molecular weight excluding hydrogens is 476 g/mol. The summed E-state index contributed by atoms with van der Waals surface area (Å²) in [4.78, 5) is 21.2. The second-order valence-electron chi connectivity index (χ2n) is 10.0. The van der Waals surface area contributed by atoms with Gasteiger partial charge in [0.15, 0.2) is 0 Å². The minimum absolute atomic E-state index is 0.00366. The van der Waals surface area contributed by atoms with Crippen molar-refractivity contribution in [2.24, 2.45) is 5.92 Å². The number of pyridine rings is 1. The molecule has 0 bridgehead atoms. The first-order chi connectivity index (χ1) is 17.2. The number of carbonyl (C=O) groups is 1. The maximum absolute atomic E-state index is 14.9. The van der Waals surface area contributed by atoms with Gasteiger partial charge in [0.25, 0.3) is 0 Å². The Balaban J connectivity index is 1.38. The molecule has 1 unspecified atom stereocenters. The number of urea groups is 1. The van der Waals surface area contributed by atoms with Gasteiger partial charge < -0.3 is 19.9 Å². The van der Waals surface area contributed by atoms with Crippen LogP contribution >= 0.6 is 0 Å². The van der Waals surface area contributed by atoms with Gasteiger partial charge in [-0.2, -0.15) is 13.2 Å². The molecule has 1 aromatic carbocycles. The molecule has 1 aliphatic carbocycles. The smallest absolute Gasteiger partial charge is 0.378 e. The average Bonchev–Trinajstić information content (AvgIpc) is 3.59. The average molecular weight is 507 g/mol. The molecule has 0 radical (unpaired) electrons. The Morgan fingerprint density at radius 2 is 1.86 bits per heavy atom. The van der Waals surface area contributed by atoms with Crippen molar-refractivity contribution in [3.63, 3.8) is 0 Å². The van der Waals surface area contributed by atoms with Gasteiger partial charge in [0, 0.05) is 44.2 Å². The van der Waals surface area contributed by atoms with Gasteiger partial charge in [-0.3, -0.25) is 0 Å². The zero-order valence-electron chi connectivity index (χ0n) is 20.2. The number of amides is 2. The third-order valence-corrected chi connectivity index (χ3v) is 7.12. The molecule has 3 aliphatic rings. The summed E-state index contributed by atoms with van der Waals surface area (Å²) in [6, 6.07) is 6.44. The van der Waals surface area contributed by atoms with E-state index < -0.39 is 30.4 Å². The summed E-state index contributed by atoms with van der Waals surface area (Å²) in [5, 5.41) is 2.59. The van der Waals surface area contributed by atoms with Crippen molar-refractivity contribution in [2.75, 3.05) is 49.6 Å². The summed E-state index contributed by atoms with van der Waals surface area (Å²) in [5.74, 6) is 0.0650. The van der Waals surface area contributed by atoms with Crippen LogP contribution in [-0.2, 0) is 4.74 Å². The van der Waals surface area contributed by atoms with Gasteiger partial charge in [0.1, 0.15) is 11.6 Å². The van der Waals surface area contributed by atoms with E-state index in [0.717, 1.165) is 54.1 Å². The Hall–Kier alpha value is -2.88. The Labute approximate surface area is 207 Å². The number of hydrogen-bond acceptors (Lipinski definition) is 4. The van der Waals surface area contributed by atoms with Gasteiger partial charge in [-0.05, 0) is 73.1 Å². The van der Waals surface area contributed by atoms with E-state index in [2.05, 4.69) is 10.2 Å². The van der Waals surface area contributed by atoms with Gasteiger partial charge in [0.2, 0.25) is 0 Å².